The second-order valence-corrected chi connectivity index (χ2v) is 16.0. The van der Waals surface area contributed by atoms with E-state index in [9.17, 15) is 0 Å². The molecule has 2 aromatic rings. The van der Waals surface area contributed by atoms with Gasteiger partial charge in [0.25, 0.3) is 0 Å². The van der Waals surface area contributed by atoms with Gasteiger partial charge in [0.2, 0.25) is 11.8 Å². The summed E-state index contributed by atoms with van der Waals surface area (Å²) in [6, 6.07) is 3.49. The molecule has 3 saturated heterocycles. The van der Waals surface area contributed by atoms with Crippen molar-refractivity contribution in [3.63, 3.8) is 0 Å². The number of halogens is 3. The van der Waals surface area contributed by atoms with Crippen molar-refractivity contribution in [1.29, 1.82) is 0 Å². The molecule has 46 heavy (non-hydrogen) atoms. The monoisotopic (exact) mass is 744 g/mol. The molecule has 2 aromatic heterocycles. The summed E-state index contributed by atoms with van der Waals surface area (Å²) in [7, 11) is 1.66. The van der Waals surface area contributed by atoms with Gasteiger partial charge >= 0.3 is 21.1 Å². The molecule has 0 bridgehead atoms. The highest BCUT2D eigenvalue weighted by atomic mass is 79.9. The quantitative estimate of drug-likeness (QED) is 0.311. The number of hydrogen-bond acceptors (Lipinski definition) is 10. The summed E-state index contributed by atoms with van der Waals surface area (Å²) in [5.41, 5.74) is -1.39. The number of aromatic nitrogens is 2. The van der Waals surface area contributed by atoms with Gasteiger partial charge in [-0.3, -0.25) is 0 Å². The largest absolute Gasteiger partial charge is 0.496 e. The summed E-state index contributed by atoms with van der Waals surface area (Å²) in [5.74, 6) is 0.849. The van der Waals surface area contributed by atoms with Crippen LogP contribution in [0.3, 0.4) is 0 Å². The highest BCUT2D eigenvalue weighted by molar-refractivity contribution is 9.10. The molecular weight excluding hydrogens is 700 g/mol. The van der Waals surface area contributed by atoms with Crippen LogP contribution >= 0.6 is 39.1 Å². The minimum absolute atomic E-state index is 0.360. The first-order chi connectivity index (χ1) is 20.9. The number of hydrogen-bond donors (Lipinski definition) is 0. The second-order valence-electron chi connectivity index (χ2n) is 14.2. The number of pyridine rings is 2. The number of rotatable bonds is 4. The first kappa shape index (κ1) is 39.4. The molecule has 0 radical (unpaired) electrons. The van der Waals surface area contributed by atoms with Gasteiger partial charge in [-0.2, -0.15) is 0 Å². The molecule has 10 nitrogen and oxygen atoms in total. The average molecular weight is 746 g/mol. The fourth-order valence-electron chi connectivity index (χ4n) is 4.25. The van der Waals surface area contributed by atoms with Crippen molar-refractivity contribution < 1.29 is 37.4 Å². The van der Waals surface area contributed by atoms with Crippen LogP contribution in [0, 0.1) is 0 Å². The summed E-state index contributed by atoms with van der Waals surface area (Å²) in [5, 5.41) is 0.960. The van der Waals surface area contributed by atoms with Crippen LogP contribution in [0.2, 0.25) is 10.0 Å². The molecule has 5 heterocycles. The lowest BCUT2D eigenvalue weighted by Crippen LogP contribution is -2.41. The molecule has 16 heteroatoms. The maximum Gasteiger partial charge on any atom is 0.496 e. The predicted molar refractivity (Wildman–Crippen MR) is 187 cm³/mol. The summed E-state index contributed by atoms with van der Waals surface area (Å²) >= 11 is 15.0. The lowest BCUT2D eigenvalue weighted by Gasteiger charge is -2.32. The molecule has 5 rings (SSSR count). The highest BCUT2D eigenvalue weighted by Gasteiger charge is 2.63. The van der Waals surface area contributed by atoms with Crippen LogP contribution in [0.5, 0.6) is 11.8 Å². The zero-order valence-corrected chi connectivity index (χ0v) is 32.4. The Morgan fingerprint density at radius 2 is 0.891 bits per heavy atom. The molecule has 3 fully saturated rings. The van der Waals surface area contributed by atoms with Crippen LogP contribution in [0.15, 0.2) is 29.0 Å². The number of nitrogens with zero attached hydrogens (tertiary/aromatic N) is 2. The van der Waals surface area contributed by atoms with Crippen molar-refractivity contribution in [3.05, 3.63) is 39.0 Å². The Morgan fingerprint density at radius 1 is 0.565 bits per heavy atom. The van der Waals surface area contributed by atoms with E-state index in [4.69, 9.17) is 60.6 Å². The maximum atomic E-state index is 6.05. The summed E-state index contributed by atoms with van der Waals surface area (Å²) < 4.78 is 46.4. The zero-order valence-electron chi connectivity index (χ0n) is 29.3. The first-order valence-corrected chi connectivity index (χ1v) is 16.5. The molecule has 0 spiro atoms. The van der Waals surface area contributed by atoms with E-state index in [0.29, 0.717) is 21.8 Å². The van der Waals surface area contributed by atoms with Gasteiger partial charge < -0.3 is 37.4 Å². The van der Waals surface area contributed by atoms with Gasteiger partial charge in [0.1, 0.15) is 10.0 Å². The van der Waals surface area contributed by atoms with Crippen LogP contribution in [-0.2, 0) is 27.9 Å². The fraction of sp³-hybridized carbons (Fsp3) is 0.667. The molecule has 3 aliphatic heterocycles. The lowest BCUT2D eigenvalue weighted by atomic mass is 9.49. The van der Waals surface area contributed by atoms with Crippen LogP contribution in [0.25, 0.3) is 0 Å². The van der Waals surface area contributed by atoms with E-state index in [1.165, 1.54) is 14.2 Å². The van der Waals surface area contributed by atoms with E-state index in [1.807, 2.05) is 83.1 Å². The van der Waals surface area contributed by atoms with Crippen molar-refractivity contribution in [3.8, 4) is 11.8 Å². The third kappa shape index (κ3) is 8.55. The molecule has 0 aliphatic carbocycles. The molecule has 0 unspecified atom stereocenters. The zero-order chi connectivity index (χ0) is 35.1. The van der Waals surface area contributed by atoms with E-state index in [-0.39, 0.29) is 33.6 Å². The van der Waals surface area contributed by atoms with Crippen LogP contribution in [0.1, 0.15) is 83.1 Å². The van der Waals surface area contributed by atoms with Crippen molar-refractivity contribution in [1.82, 2.24) is 9.97 Å². The fourth-order valence-corrected chi connectivity index (χ4v) is 5.21. The second kappa shape index (κ2) is 14.0. The van der Waals surface area contributed by atoms with Crippen molar-refractivity contribution in [2.24, 2.45) is 0 Å². The minimum Gasteiger partial charge on any atom is -0.480 e. The Bertz CT molecular complexity index is 1300. The Hall–Kier alpha value is -1.09. The minimum atomic E-state index is -0.476. The topological polar surface area (TPSA) is 99.6 Å². The third-order valence-electron chi connectivity index (χ3n) is 9.28. The smallest absolute Gasteiger partial charge is 0.480 e. The molecule has 0 N–H and O–H groups in total. The van der Waals surface area contributed by atoms with Crippen LogP contribution < -0.4 is 14.9 Å². The standard InChI is InChI=1S/C12H24B2O4.C12H17BClNO3.C6H5BrClNO/c1-9(2)10(3,4)16-13(15-9)14-17-11(5,6)12(7,8)18-14;1-11(2)12(3,4)18-13(17-11)8-6-9(14)10(16-5)15-7-8;1-10-6-5(8)2-4(7)3-9-6/h1-8H3;6-7H,1-5H3;2-3H,1H3. The molecule has 0 atom stereocenters. The summed E-state index contributed by atoms with van der Waals surface area (Å²) in [6.45, 7) is 24.2. The molecule has 0 aromatic carbocycles. The molecule has 254 valence electrons. The molecular formula is C30H46B3BrCl2N2O8. The average Bonchev–Trinajstić information content (AvgIpc) is 3.38. The van der Waals surface area contributed by atoms with Crippen molar-refractivity contribution in [2.45, 2.75) is 117 Å². The Kier molecular flexibility index (Phi) is 12.0. The summed E-state index contributed by atoms with van der Waals surface area (Å²) in [6.07, 6.45) is 3.29. The van der Waals surface area contributed by atoms with E-state index in [2.05, 4.69) is 25.9 Å². The van der Waals surface area contributed by atoms with E-state index >= 15 is 0 Å². The summed E-state index contributed by atoms with van der Waals surface area (Å²) in [4.78, 5) is 8.02. The predicted octanol–water partition coefficient (Wildman–Crippen LogP) is 6.80. The van der Waals surface area contributed by atoms with Crippen molar-refractivity contribution >= 4 is 65.7 Å². The maximum absolute atomic E-state index is 6.05. The van der Waals surface area contributed by atoms with Gasteiger partial charge in [-0.05, 0) is 111 Å². The van der Waals surface area contributed by atoms with Gasteiger partial charge in [-0.25, -0.2) is 9.97 Å². The highest BCUT2D eigenvalue weighted by Crippen LogP contribution is 2.43. The Morgan fingerprint density at radius 3 is 1.22 bits per heavy atom. The molecule has 0 amide bonds. The Labute approximate surface area is 293 Å². The van der Waals surface area contributed by atoms with Crippen LogP contribution in [0.4, 0.5) is 0 Å². The van der Waals surface area contributed by atoms with Gasteiger partial charge in [0.15, 0.2) is 0 Å². The van der Waals surface area contributed by atoms with E-state index < -0.39 is 21.1 Å². The third-order valence-corrected chi connectivity index (χ3v) is 10.3. The van der Waals surface area contributed by atoms with E-state index in [1.54, 1.807) is 24.5 Å². The van der Waals surface area contributed by atoms with Gasteiger partial charge in [-0.1, -0.05) is 23.2 Å². The SMILES string of the molecule is CC1(C)OB(B2OC(C)(C)C(C)(C)O2)OC1(C)C.COc1ncc(B2OC(C)(C)C(C)(C)O2)cc1Cl.COc1ncc(Br)cc1Cl. The number of ether oxygens (including phenoxy) is 2. The normalized spacial score (nSPS) is 22.8. The van der Waals surface area contributed by atoms with Gasteiger partial charge in [0, 0.05) is 22.3 Å². The first-order valence-electron chi connectivity index (χ1n) is 15.0. The lowest BCUT2D eigenvalue weighted by molar-refractivity contribution is 0.00578. The van der Waals surface area contributed by atoms with Gasteiger partial charge in [0.05, 0.1) is 47.8 Å². The van der Waals surface area contributed by atoms with E-state index in [0.717, 1.165) is 9.94 Å². The van der Waals surface area contributed by atoms with Crippen molar-refractivity contribution in [2.75, 3.05) is 14.2 Å². The molecule has 3 aliphatic rings. The van der Waals surface area contributed by atoms with Crippen LogP contribution in [-0.4, -0.2) is 78.9 Å². The molecule has 0 saturated carbocycles. The van der Waals surface area contributed by atoms with Gasteiger partial charge in [-0.15, -0.1) is 0 Å². The number of methoxy groups -OCH3 is 2. The Balaban J connectivity index is 0.000000196.